The van der Waals surface area contributed by atoms with Crippen LogP contribution in [0.25, 0.3) is 0 Å². The molecule has 180 valence electrons. The molecule has 0 aromatic heterocycles. The number of nitrogens with zero attached hydrogens (tertiary/aromatic N) is 1. The molecule has 2 aromatic rings. The van der Waals surface area contributed by atoms with Crippen LogP contribution < -0.4 is 4.74 Å². The highest BCUT2D eigenvalue weighted by atomic mass is 16.5. The SMILES string of the molecule is CCC1(C)C(C(=O)O)C(c2cccc3c2OC(c2ccccc2)C(C)C3)C(C(=O)O)=C(C)N1C. The molecule has 2 N–H and O–H groups in total. The average molecular weight is 464 g/mol. The van der Waals surface area contributed by atoms with E-state index >= 15 is 0 Å². The van der Waals surface area contributed by atoms with Crippen LogP contribution in [0.2, 0.25) is 0 Å². The van der Waals surface area contributed by atoms with E-state index in [1.807, 2.05) is 67.3 Å². The molecule has 34 heavy (non-hydrogen) atoms. The number of ether oxygens (including phenoxy) is 1. The minimum absolute atomic E-state index is 0.118. The fraction of sp³-hybridized carbons (Fsp3) is 0.429. The molecule has 0 fully saturated rings. The Morgan fingerprint density at radius 2 is 1.79 bits per heavy atom. The summed E-state index contributed by atoms with van der Waals surface area (Å²) in [7, 11) is 1.79. The zero-order chi connectivity index (χ0) is 24.8. The summed E-state index contributed by atoms with van der Waals surface area (Å²) in [6.45, 7) is 7.77. The van der Waals surface area contributed by atoms with Gasteiger partial charge in [0.25, 0.3) is 0 Å². The van der Waals surface area contributed by atoms with Crippen LogP contribution in [0.3, 0.4) is 0 Å². The van der Waals surface area contributed by atoms with Gasteiger partial charge in [-0.05, 0) is 37.8 Å². The molecule has 2 aliphatic rings. The molecule has 5 unspecified atom stereocenters. The van der Waals surface area contributed by atoms with E-state index < -0.39 is 29.3 Å². The number of para-hydroxylation sites is 1. The number of hydrogen-bond acceptors (Lipinski definition) is 4. The molecule has 5 atom stereocenters. The van der Waals surface area contributed by atoms with E-state index in [1.165, 1.54) is 0 Å². The van der Waals surface area contributed by atoms with Crippen LogP contribution in [-0.2, 0) is 16.0 Å². The van der Waals surface area contributed by atoms with E-state index in [9.17, 15) is 19.8 Å². The normalized spacial score (nSPS) is 28.8. The zero-order valence-electron chi connectivity index (χ0n) is 20.4. The standard InChI is InChI=1S/C28H33NO5/c1-6-28(4)23(27(32)33)22(21(26(30)31)17(3)29(28)5)20-14-10-13-19-15-16(2)24(34-25(19)20)18-11-8-7-9-12-18/h7-14,16,22-24H,6,15H2,1-5H3,(H,30,31)(H,32,33). The minimum Gasteiger partial charge on any atom is -0.485 e. The number of benzene rings is 2. The predicted octanol–water partition coefficient (Wildman–Crippen LogP) is 5.26. The van der Waals surface area contributed by atoms with Gasteiger partial charge < -0.3 is 19.8 Å². The first-order valence-electron chi connectivity index (χ1n) is 11.9. The summed E-state index contributed by atoms with van der Waals surface area (Å²) in [4.78, 5) is 27.1. The fourth-order valence-electron chi connectivity index (χ4n) is 5.90. The van der Waals surface area contributed by atoms with Crippen molar-refractivity contribution in [3.8, 4) is 5.75 Å². The van der Waals surface area contributed by atoms with Gasteiger partial charge in [0.15, 0.2) is 0 Å². The molecule has 0 amide bonds. The van der Waals surface area contributed by atoms with E-state index in [-0.39, 0.29) is 17.6 Å². The Morgan fingerprint density at radius 3 is 2.38 bits per heavy atom. The molecule has 0 saturated heterocycles. The van der Waals surface area contributed by atoms with Crippen molar-refractivity contribution in [1.29, 1.82) is 0 Å². The number of carboxylic acids is 2. The second kappa shape index (κ2) is 8.82. The number of aliphatic carboxylic acids is 2. The topological polar surface area (TPSA) is 87.1 Å². The number of hydrogen-bond donors (Lipinski definition) is 2. The van der Waals surface area contributed by atoms with Gasteiger partial charge >= 0.3 is 11.9 Å². The molecular formula is C28H33NO5. The smallest absolute Gasteiger partial charge is 0.333 e. The molecule has 0 saturated carbocycles. The third-order valence-corrected chi connectivity index (χ3v) is 8.08. The predicted molar refractivity (Wildman–Crippen MR) is 130 cm³/mol. The molecule has 2 aromatic carbocycles. The van der Waals surface area contributed by atoms with Gasteiger partial charge in [-0.3, -0.25) is 4.79 Å². The molecule has 2 aliphatic heterocycles. The van der Waals surface area contributed by atoms with E-state index in [0.29, 0.717) is 23.4 Å². The van der Waals surface area contributed by atoms with E-state index in [2.05, 4.69) is 6.92 Å². The molecule has 6 nitrogen and oxygen atoms in total. The molecule has 6 heteroatoms. The maximum Gasteiger partial charge on any atom is 0.333 e. The van der Waals surface area contributed by atoms with Gasteiger partial charge in [0, 0.05) is 30.1 Å². The van der Waals surface area contributed by atoms with Gasteiger partial charge in [-0.25, -0.2) is 4.79 Å². The van der Waals surface area contributed by atoms with Gasteiger partial charge in [-0.1, -0.05) is 62.4 Å². The van der Waals surface area contributed by atoms with Crippen LogP contribution in [0.4, 0.5) is 0 Å². The van der Waals surface area contributed by atoms with Crippen LogP contribution in [0.15, 0.2) is 59.8 Å². The van der Waals surface area contributed by atoms with Crippen molar-refractivity contribution in [2.45, 2.75) is 58.1 Å². The first-order valence-corrected chi connectivity index (χ1v) is 11.9. The van der Waals surface area contributed by atoms with Crippen LogP contribution in [-0.4, -0.2) is 39.6 Å². The Morgan fingerprint density at radius 1 is 1.12 bits per heavy atom. The Bertz CT molecular complexity index is 1140. The van der Waals surface area contributed by atoms with Crippen molar-refractivity contribution in [3.05, 3.63) is 76.5 Å². The van der Waals surface area contributed by atoms with Gasteiger partial charge in [-0.2, -0.15) is 0 Å². The van der Waals surface area contributed by atoms with Crippen molar-refractivity contribution in [2.75, 3.05) is 7.05 Å². The molecule has 2 heterocycles. The summed E-state index contributed by atoms with van der Waals surface area (Å²) in [5.41, 5.74) is 2.62. The third kappa shape index (κ3) is 3.65. The Balaban J connectivity index is 1.94. The van der Waals surface area contributed by atoms with Gasteiger partial charge in [0.05, 0.1) is 17.0 Å². The highest BCUT2D eigenvalue weighted by Crippen LogP contribution is 2.53. The Hall–Kier alpha value is -3.28. The number of rotatable bonds is 5. The summed E-state index contributed by atoms with van der Waals surface area (Å²) >= 11 is 0. The van der Waals surface area contributed by atoms with Crippen molar-refractivity contribution >= 4 is 11.9 Å². The van der Waals surface area contributed by atoms with Crippen LogP contribution in [0.1, 0.15) is 62.8 Å². The largest absolute Gasteiger partial charge is 0.485 e. The maximum atomic E-state index is 12.8. The van der Waals surface area contributed by atoms with Crippen molar-refractivity contribution in [3.63, 3.8) is 0 Å². The second-order valence-electron chi connectivity index (χ2n) is 9.83. The summed E-state index contributed by atoms with van der Waals surface area (Å²) in [6, 6.07) is 15.7. The summed E-state index contributed by atoms with van der Waals surface area (Å²) < 4.78 is 6.61. The maximum absolute atomic E-state index is 12.8. The summed E-state index contributed by atoms with van der Waals surface area (Å²) in [5.74, 6) is -3.05. The second-order valence-corrected chi connectivity index (χ2v) is 9.83. The highest BCUT2D eigenvalue weighted by molar-refractivity contribution is 5.92. The van der Waals surface area contributed by atoms with Gasteiger partial charge in [0.1, 0.15) is 11.9 Å². The van der Waals surface area contributed by atoms with Crippen LogP contribution in [0.5, 0.6) is 5.75 Å². The first-order chi connectivity index (χ1) is 16.1. The summed E-state index contributed by atoms with van der Waals surface area (Å²) in [6.07, 6.45) is 1.13. The zero-order valence-corrected chi connectivity index (χ0v) is 20.4. The lowest BCUT2D eigenvalue weighted by Gasteiger charge is -2.52. The number of carboxylic acid groups (broad SMARTS) is 2. The first kappa shape index (κ1) is 23.9. The third-order valence-electron chi connectivity index (χ3n) is 8.08. The quantitative estimate of drug-likeness (QED) is 0.629. The average Bonchev–Trinajstić information content (AvgIpc) is 2.81. The monoisotopic (exact) mass is 463 g/mol. The molecule has 0 radical (unpaired) electrons. The van der Waals surface area contributed by atoms with Crippen molar-refractivity contribution in [2.24, 2.45) is 11.8 Å². The lowest BCUT2D eigenvalue weighted by Crippen LogP contribution is -2.57. The van der Waals surface area contributed by atoms with E-state index in [4.69, 9.17) is 4.74 Å². The van der Waals surface area contributed by atoms with Gasteiger partial charge in [-0.15, -0.1) is 0 Å². The molecule has 4 rings (SSSR count). The molecular weight excluding hydrogens is 430 g/mol. The Kier molecular flexibility index (Phi) is 6.19. The van der Waals surface area contributed by atoms with Crippen LogP contribution >= 0.6 is 0 Å². The highest BCUT2D eigenvalue weighted by Gasteiger charge is 2.54. The summed E-state index contributed by atoms with van der Waals surface area (Å²) in [5, 5.41) is 20.7. The molecule has 0 bridgehead atoms. The number of fused-ring (bicyclic) bond motifs is 1. The number of allylic oxidation sites excluding steroid dienone is 1. The lowest BCUT2D eigenvalue weighted by molar-refractivity contribution is -0.149. The lowest BCUT2D eigenvalue weighted by atomic mass is 9.65. The molecule has 0 spiro atoms. The fourth-order valence-corrected chi connectivity index (χ4v) is 5.90. The van der Waals surface area contributed by atoms with E-state index in [1.54, 1.807) is 14.0 Å². The van der Waals surface area contributed by atoms with Crippen LogP contribution in [0, 0.1) is 11.8 Å². The van der Waals surface area contributed by atoms with E-state index in [0.717, 1.165) is 17.5 Å². The minimum atomic E-state index is -1.10. The van der Waals surface area contributed by atoms with Gasteiger partial charge in [0.2, 0.25) is 0 Å². The van der Waals surface area contributed by atoms with Crippen molar-refractivity contribution < 1.29 is 24.5 Å². The molecule has 0 aliphatic carbocycles. The Labute approximate surface area is 200 Å². The van der Waals surface area contributed by atoms with Crippen molar-refractivity contribution in [1.82, 2.24) is 4.90 Å². The number of carbonyl (C=O) groups is 2.